The molecule has 0 aliphatic carbocycles. The van der Waals surface area contributed by atoms with Crippen LogP contribution in [-0.2, 0) is 16.1 Å². The van der Waals surface area contributed by atoms with E-state index in [0.29, 0.717) is 0 Å². The molecule has 3 aromatic carbocycles. The molecule has 1 saturated heterocycles. The van der Waals surface area contributed by atoms with E-state index in [1.165, 1.54) is 0 Å². The zero-order valence-electron chi connectivity index (χ0n) is 16.0. The van der Waals surface area contributed by atoms with E-state index >= 15 is 0 Å². The number of ether oxygens (including phenoxy) is 1. The molecule has 0 spiro atoms. The standard InChI is InChI=1S/C24H23N3O/c1-2-3-18-23(27-22-17-11-10-16-21(22)25-26-27)24(28-23,19-12-6-4-7-13-19)20-14-8-5-9-15-20/h4-17H,2-3,18H2,1H3. The van der Waals surface area contributed by atoms with Gasteiger partial charge in [0, 0.05) is 6.42 Å². The van der Waals surface area contributed by atoms with Crippen molar-refractivity contribution < 1.29 is 4.74 Å². The van der Waals surface area contributed by atoms with Crippen molar-refractivity contribution in [2.45, 2.75) is 37.5 Å². The van der Waals surface area contributed by atoms with Gasteiger partial charge in [-0.05, 0) is 29.7 Å². The third-order valence-corrected chi connectivity index (χ3v) is 5.75. The monoisotopic (exact) mass is 369 g/mol. The average Bonchev–Trinajstić information content (AvgIpc) is 3.26. The Morgan fingerprint density at radius 2 is 1.43 bits per heavy atom. The topological polar surface area (TPSA) is 43.2 Å². The second-order valence-corrected chi connectivity index (χ2v) is 7.39. The Hall–Kier alpha value is -2.98. The van der Waals surface area contributed by atoms with Crippen LogP contribution in [0.5, 0.6) is 0 Å². The summed E-state index contributed by atoms with van der Waals surface area (Å²) in [6, 6.07) is 29.1. The molecule has 1 aliphatic heterocycles. The Balaban J connectivity index is 1.76. The molecule has 0 N–H and O–H groups in total. The number of rotatable bonds is 6. The van der Waals surface area contributed by atoms with E-state index in [4.69, 9.17) is 4.74 Å². The number of para-hydroxylation sites is 1. The molecule has 1 fully saturated rings. The maximum absolute atomic E-state index is 6.78. The minimum atomic E-state index is -0.582. The lowest BCUT2D eigenvalue weighted by Crippen LogP contribution is -2.31. The summed E-state index contributed by atoms with van der Waals surface area (Å²) in [4.78, 5) is 0. The first-order chi connectivity index (χ1) is 13.8. The highest BCUT2D eigenvalue weighted by Gasteiger charge is 2.74. The van der Waals surface area contributed by atoms with E-state index < -0.39 is 11.3 Å². The number of nitrogens with zero attached hydrogens (tertiary/aromatic N) is 3. The molecule has 1 aliphatic rings. The first-order valence-electron chi connectivity index (χ1n) is 9.94. The lowest BCUT2D eigenvalue weighted by atomic mass is 9.82. The van der Waals surface area contributed by atoms with Gasteiger partial charge in [-0.2, -0.15) is 0 Å². The van der Waals surface area contributed by atoms with Crippen LogP contribution in [0.25, 0.3) is 11.0 Å². The number of fused-ring (bicyclic) bond motifs is 1. The van der Waals surface area contributed by atoms with E-state index in [1.54, 1.807) is 0 Å². The van der Waals surface area contributed by atoms with E-state index in [0.717, 1.165) is 41.4 Å². The van der Waals surface area contributed by atoms with Crippen molar-refractivity contribution in [1.82, 2.24) is 15.0 Å². The lowest BCUT2D eigenvalue weighted by Gasteiger charge is -2.22. The molecule has 0 radical (unpaired) electrons. The molecule has 5 rings (SSSR count). The molecular weight excluding hydrogens is 346 g/mol. The van der Waals surface area contributed by atoms with E-state index in [1.807, 2.05) is 35.0 Å². The Bertz CT molecular complexity index is 1050. The fraction of sp³-hybridized carbons (Fsp3) is 0.250. The molecule has 2 heterocycles. The van der Waals surface area contributed by atoms with Crippen LogP contribution in [0.3, 0.4) is 0 Å². The summed E-state index contributed by atoms with van der Waals surface area (Å²) in [6.45, 7) is 2.21. The highest BCUT2D eigenvalue weighted by Crippen LogP contribution is 2.65. The molecule has 140 valence electrons. The largest absolute Gasteiger partial charge is 0.329 e. The zero-order chi connectivity index (χ0) is 19.0. The van der Waals surface area contributed by atoms with Gasteiger partial charge in [0.05, 0.1) is 5.52 Å². The third-order valence-electron chi connectivity index (χ3n) is 5.75. The quantitative estimate of drug-likeness (QED) is 0.436. The highest BCUT2D eigenvalue weighted by atomic mass is 16.7. The van der Waals surface area contributed by atoms with Crippen LogP contribution >= 0.6 is 0 Å². The number of hydrogen-bond donors (Lipinski definition) is 0. The van der Waals surface area contributed by atoms with Crippen LogP contribution in [-0.4, -0.2) is 15.0 Å². The van der Waals surface area contributed by atoms with Crippen LogP contribution in [0.4, 0.5) is 0 Å². The lowest BCUT2D eigenvalue weighted by molar-refractivity contribution is 0.186. The average molecular weight is 369 g/mol. The Labute approximate surface area is 164 Å². The van der Waals surface area contributed by atoms with Crippen LogP contribution in [0.1, 0.15) is 37.3 Å². The van der Waals surface area contributed by atoms with Gasteiger partial charge in [-0.1, -0.05) is 91.4 Å². The number of epoxide rings is 1. The summed E-state index contributed by atoms with van der Waals surface area (Å²) in [7, 11) is 0. The summed E-state index contributed by atoms with van der Waals surface area (Å²) >= 11 is 0. The van der Waals surface area contributed by atoms with Gasteiger partial charge in [0.2, 0.25) is 5.72 Å². The number of hydrogen-bond acceptors (Lipinski definition) is 3. The zero-order valence-corrected chi connectivity index (χ0v) is 16.0. The van der Waals surface area contributed by atoms with Crippen LogP contribution < -0.4 is 0 Å². The van der Waals surface area contributed by atoms with Gasteiger partial charge in [0.25, 0.3) is 0 Å². The van der Waals surface area contributed by atoms with Crippen molar-refractivity contribution in [2.24, 2.45) is 0 Å². The summed E-state index contributed by atoms with van der Waals surface area (Å²) in [5.41, 5.74) is 3.05. The van der Waals surface area contributed by atoms with Crippen molar-refractivity contribution in [1.29, 1.82) is 0 Å². The van der Waals surface area contributed by atoms with Gasteiger partial charge in [-0.25, -0.2) is 4.68 Å². The minimum absolute atomic E-state index is 0.568. The molecule has 0 bridgehead atoms. The van der Waals surface area contributed by atoms with E-state index in [-0.39, 0.29) is 0 Å². The van der Waals surface area contributed by atoms with Gasteiger partial charge in [-0.15, -0.1) is 5.10 Å². The Morgan fingerprint density at radius 1 is 0.821 bits per heavy atom. The van der Waals surface area contributed by atoms with E-state index in [9.17, 15) is 0 Å². The Morgan fingerprint density at radius 3 is 2.07 bits per heavy atom. The van der Waals surface area contributed by atoms with Gasteiger partial charge < -0.3 is 4.74 Å². The maximum atomic E-state index is 6.78. The van der Waals surface area contributed by atoms with Crippen LogP contribution in [0.15, 0.2) is 84.9 Å². The molecule has 0 saturated carbocycles. The molecule has 1 aromatic heterocycles. The molecule has 1 atom stereocenters. The number of benzene rings is 3. The maximum Gasteiger partial charge on any atom is 0.202 e. The van der Waals surface area contributed by atoms with Crippen LogP contribution in [0.2, 0.25) is 0 Å². The molecule has 0 amide bonds. The molecular formula is C24H23N3O. The predicted octanol–water partition coefficient (Wildman–Crippen LogP) is 5.25. The van der Waals surface area contributed by atoms with Crippen molar-refractivity contribution in [2.75, 3.05) is 0 Å². The molecule has 28 heavy (non-hydrogen) atoms. The van der Waals surface area contributed by atoms with E-state index in [2.05, 4.69) is 71.8 Å². The van der Waals surface area contributed by atoms with Gasteiger partial charge in [0.15, 0.2) is 5.60 Å². The fourth-order valence-corrected chi connectivity index (χ4v) is 4.39. The highest BCUT2D eigenvalue weighted by molar-refractivity contribution is 5.74. The van der Waals surface area contributed by atoms with Gasteiger partial charge in [0.1, 0.15) is 5.52 Å². The second-order valence-electron chi connectivity index (χ2n) is 7.39. The predicted molar refractivity (Wildman–Crippen MR) is 110 cm³/mol. The fourth-order valence-electron chi connectivity index (χ4n) is 4.39. The number of unbranched alkanes of at least 4 members (excludes halogenated alkanes) is 1. The first kappa shape index (κ1) is 17.1. The van der Waals surface area contributed by atoms with Crippen molar-refractivity contribution in [3.05, 3.63) is 96.1 Å². The van der Waals surface area contributed by atoms with Gasteiger partial charge >= 0.3 is 0 Å². The summed E-state index contributed by atoms with van der Waals surface area (Å²) < 4.78 is 8.79. The smallest absolute Gasteiger partial charge is 0.202 e. The molecule has 4 nitrogen and oxygen atoms in total. The first-order valence-corrected chi connectivity index (χ1v) is 9.94. The minimum Gasteiger partial charge on any atom is -0.329 e. The SMILES string of the molecule is CCCCC1(n2nnc3ccccc32)OC1(c1ccccc1)c1ccccc1. The summed E-state index contributed by atoms with van der Waals surface area (Å²) in [6.07, 6.45) is 3.02. The molecule has 4 heteroatoms. The molecule has 4 aromatic rings. The van der Waals surface area contributed by atoms with Crippen molar-refractivity contribution in [3.8, 4) is 0 Å². The normalized spacial score (nSPS) is 20.3. The van der Waals surface area contributed by atoms with Gasteiger partial charge in [-0.3, -0.25) is 0 Å². The van der Waals surface area contributed by atoms with Crippen molar-refractivity contribution >= 4 is 11.0 Å². The number of aromatic nitrogens is 3. The Kier molecular flexibility index (Phi) is 4.02. The van der Waals surface area contributed by atoms with Crippen molar-refractivity contribution in [3.63, 3.8) is 0 Å². The third kappa shape index (κ3) is 2.34. The second kappa shape index (κ2) is 6.57. The summed E-state index contributed by atoms with van der Waals surface area (Å²) in [5.74, 6) is 0. The summed E-state index contributed by atoms with van der Waals surface area (Å²) in [5, 5.41) is 8.99. The molecule has 1 unspecified atom stereocenters. The van der Waals surface area contributed by atoms with Crippen LogP contribution in [0, 0.1) is 0 Å².